The van der Waals surface area contributed by atoms with Crippen molar-refractivity contribution >= 4 is 15.7 Å². The lowest BCUT2D eigenvalue weighted by Crippen LogP contribution is -2.16. The average Bonchev–Trinajstić information content (AvgIpc) is 3.41. The molecule has 13 heteroatoms. The summed E-state index contributed by atoms with van der Waals surface area (Å²) in [6.45, 7) is 0. The monoisotopic (exact) mass is 435 g/mol. The summed E-state index contributed by atoms with van der Waals surface area (Å²) in [4.78, 5) is -0.181. The summed E-state index contributed by atoms with van der Waals surface area (Å²) in [7, 11) is -4.24. The molecular formula is C17H12F3N7O2S. The van der Waals surface area contributed by atoms with Crippen LogP contribution >= 0.6 is 0 Å². The first-order valence-electron chi connectivity index (χ1n) is 8.31. The van der Waals surface area contributed by atoms with Gasteiger partial charge in [-0.1, -0.05) is 6.07 Å². The van der Waals surface area contributed by atoms with E-state index in [9.17, 15) is 21.6 Å². The Morgan fingerprint density at radius 1 is 1.00 bits per heavy atom. The van der Waals surface area contributed by atoms with Gasteiger partial charge in [0.1, 0.15) is 6.33 Å². The van der Waals surface area contributed by atoms with E-state index in [2.05, 4.69) is 25.3 Å². The standard InChI is InChI=1S/C17H12F3N7O2S/c18-17(19,20)12-5-6-16(26-8-2-7-22-26)15(9-12)23-30(28,29)14-4-1-3-13(10-14)27-11-21-24-25-27/h1-11,23H. The normalized spacial score (nSPS) is 12.1. The van der Waals surface area contributed by atoms with Gasteiger partial charge in [-0.3, -0.25) is 4.72 Å². The van der Waals surface area contributed by atoms with E-state index in [0.29, 0.717) is 5.69 Å². The Balaban J connectivity index is 1.77. The van der Waals surface area contributed by atoms with Crippen LogP contribution in [0.3, 0.4) is 0 Å². The second-order valence-corrected chi connectivity index (χ2v) is 7.72. The number of halogens is 3. The average molecular weight is 435 g/mol. The van der Waals surface area contributed by atoms with Crippen LogP contribution in [0.1, 0.15) is 5.56 Å². The third kappa shape index (κ3) is 3.87. The molecule has 0 aliphatic carbocycles. The van der Waals surface area contributed by atoms with Gasteiger partial charge in [-0.15, -0.1) is 5.10 Å². The quantitative estimate of drug-likeness (QED) is 0.517. The summed E-state index contributed by atoms with van der Waals surface area (Å²) in [5, 5.41) is 14.6. The third-order valence-electron chi connectivity index (χ3n) is 4.06. The fraction of sp³-hybridized carbons (Fsp3) is 0.0588. The molecule has 2 aromatic heterocycles. The van der Waals surface area contributed by atoms with Crippen molar-refractivity contribution in [3.8, 4) is 11.4 Å². The van der Waals surface area contributed by atoms with Gasteiger partial charge in [0.15, 0.2) is 0 Å². The summed E-state index contributed by atoms with van der Waals surface area (Å²) in [6.07, 6.45) is -0.463. The van der Waals surface area contributed by atoms with Crippen molar-refractivity contribution in [3.63, 3.8) is 0 Å². The van der Waals surface area contributed by atoms with Gasteiger partial charge in [-0.2, -0.15) is 18.3 Å². The molecule has 0 atom stereocenters. The number of alkyl halides is 3. The number of anilines is 1. The van der Waals surface area contributed by atoms with Gasteiger partial charge in [-0.25, -0.2) is 17.8 Å². The highest BCUT2D eigenvalue weighted by Crippen LogP contribution is 2.34. The van der Waals surface area contributed by atoms with Crippen molar-refractivity contribution in [1.29, 1.82) is 0 Å². The van der Waals surface area contributed by atoms with E-state index in [-0.39, 0.29) is 16.3 Å². The Kier molecular flexibility index (Phi) is 4.73. The molecule has 1 N–H and O–H groups in total. The number of benzene rings is 2. The Labute approximate surface area is 167 Å². The number of nitrogens with zero attached hydrogens (tertiary/aromatic N) is 6. The lowest BCUT2D eigenvalue weighted by molar-refractivity contribution is -0.137. The zero-order valence-electron chi connectivity index (χ0n) is 14.9. The van der Waals surface area contributed by atoms with E-state index in [4.69, 9.17) is 0 Å². The summed E-state index contributed by atoms with van der Waals surface area (Å²) in [5.41, 5.74) is -0.785. The molecule has 0 unspecified atom stereocenters. The number of hydrogen-bond donors (Lipinski definition) is 1. The van der Waals surface area contributed by atoms with Crippen LogP contribution in [0.4, 0.5) is 18.9 Å². The van der Waals surface area contributed by atoms with Gasteiger partial charge in [-0.05, 0) is 52.9 Å². The maximum absolute atomic E-state index is 13.2. The van der Waals surface area contributed by atoms with E-state index in [1.807, 2.05) is 0 Å². The van der Waals surface area contributed by atoms with Crippen LogP contribution in [0, 0.1) is 0 Å². The van der Waals surface area contributed by atoms with Crippen LogP contribution in [0.15, 0.2) is 72.1 Å². The molecule has 2 heterocycles. The number of sulfonamides is 1. The maximum Gasteiger partial charge on any atom is 0.416 e. The van der Waals surface area contributed by atoms with Crippen molar-refractivity contribution in [1.82, 2.24) is 30.0 Å². The number of nitrogens with one attached hydrogen (secondary N) is 1. The van der Waals surface area contributed by atoms with E-state index in [1.165, 1.54) is 46.3 Å². The van der Waals surface area contributed by atoms with Gasteiger partial charge in [0.2, 0.25) is 0 Å². The molecule has 0 spiro atoms. The predicted octanol–water partition coefficient (Wildman–Crippen LogP) is 2.67. The molecule has 0 fully saturated rings. The molecule has 0 aliphatic heterocycles. The van der Waals surface area contributed by atoms with E-state index < -0.39 is 21.8 Å². The summed E-state index contributed by atoms with van der Waals surface area (Å²) in [6, 6.07) is 9.92. The third-order valence-corrected chi connectivity index (χ3v) is 5.42. The number of rotatable bonds is 5. The molecule has 0 bridgehead atoms. The van der Waals surface area contributed by atoms with Crippen LogP contribution in [0.2, 0.25) is 0 Å². The highest BCUT2D eigenvalue weighted by Gasteiger charge is 2.32. The minimum atomic E-state index is -4.65. The van der Waals surface area contributed by atoms with Crippen molar-refractivity contribution in [2.45, 2.75) is 11.1 Å². The highest BCUT2D eigenvalue weighted by molar-refractivity contribution is 7.92. The minimum Gasteiger partial charge on any atom is -0.277 e. The topological polar surface area (TPSA) is 108 Å². The molecule has 4 rings (SSSR count). The summed E-state index contributed by atoms with van der Waals surface area (Å²) in [5.74, 6) is 0. The maximum atomic E-state index is 13.2. The molecule has 4 aromatic rings. The molecule has 154 valence electrons. The van der Waals surface area contributed by atoms with Crippen LogP contribution in [0.25, 0.3) is 11.4 Å². The predicted molar refractivity (Wildman–Crippen MR) is 98.5 cm³/mol. The largest absolute Gasteiger partial charge is 0.416 e. The molecule has 30 heavy (non-hydrogen) atoms. The lowest BCUT2D eigenvalue weighted by atomic mass is 10.1. The van der Waals surface area contributed by atoms with Gasteiger partial charge < -0.3 is 0 Å². The van der Waals surface area contributed by atoms with Gasteiger partial charge in [0, 0.05) is 12.4 Å². The molecule has 0 saturated heterocycles. The Hall–Kier alpha value is -3.74. The van der Waals surface area contributed by atoms with E-state index in [1.54, 1.807) is 12.1 Å². The second-order valence-electron chi connectivity index (χ2n) is 6.04. The minimum absolute atomic E-state index is 0.133. The van der Waals surface area contributed by atoms with Crippen LogP contribution in [0.5, 0.6) is 0 Å². The van der Waals surface area contributed by atoms with Gasteiger partial charge in [0.25, 0.3) is 10.0 Å². The van der Waals surface area contributed by atoms with Crippen molar-refractivity contribution in [2.24, 2.45) is 0 Å². The zero-order valence-corrected chi connectivity index (χ0v) is 15.7. The zero-order chi connectivity index (χ0) is 21.4. The molecule has 0 radical (unpaired) electrons. The fourth-order valence-electron chi connectivity index (χ4n) is 2.68. The first-order chi connectivity index (χ1) is 14.2. The molecule has 2 aromatic carbocycles. The Morgan fingerprint density at radius 3 is 2.50 bits per heavy atom. The molecule has 0 aliphatic rings. The Morgan fingerprint density at radius 2 is 1.83 bits per heavy atom. The van der Waals surface area contributed by atoms with Crippen molar-refractivity contribution in [3.05, 3.63) is 72.8 Å². The summed E-state index contributed by atoms with van der Waals surface area (Å²) < 4.78 is 70.1. The van der Waals surface area contributed by atoms with Crippen LogP contribution in [-0.2, 0) is 16.2 Å². The molecule has 0 amide bonds. The van der Waals surface area contributed by atoms with Crippen molar-refractivity contribution in [2.75, 3.05) is 4.72 Å². The van der Waals surface area contributed by atoms with E-state index in [0.717, 1.165) is 18.2 Å². The number of tetrazole rings is 1. The van der Waals surface area contributed by atoms with Crippen molar-refractivity contribution < 1.29 is 21.6 Å². The van der Waals surface area contributed by atoms with E-state index >= 15 is 0 Å². The number of hydrogen-bond acceptors (Lipinski definition) is 6. The van der Waals surface area contributed by atoms with Gasteiger partial charge >= 0.3 is 6.18 Å². The molecule has 0 saturated carbocycles. The highest BCUT2D eigenvalue weighted by atomic mass is 32.2. The molecular weight excluding hydrogens is 423 g/mol. The first-order valence-corrected chi connectivity index (χ1v) is 9.80. The molecule has 9 nitrogen and oxygen atoms in total. The second kappa shape index (κ2) is 7.26. The first kappa shape index (κ1) is 19.6. The Bertz CT molecular complexity index is 1270. The fourth-order valence-corrected chi connectivity index (χ4v) is 3.79. The van der Waals surface area contributed by atoms with Gasteiger partial charge in [0.05, 0.1) is 27.5 Å². The number of aromatic nitrogens is 6. The van der Waals surface area contributed by atoms with Crippen LogP contribution < -0.4 is 4.72 Å². The summed E-state index contributed by atoms with van der Waals surface area (Å²) >= 11 is 0. The van der Waals surface area contributed by atoms with Crippen LogP contribution in [-0.4, -0.2) is 38.4 Å². The smallest absolute Gasteiger partial charge is 0.277 e. The lowest BCUT2D eigenvalue weighted by Gasteiger charge is -2.16. The SMILES string of the molecule is O=S(=O)(Nc1cc(C(F)(F)F)ccc1-n1cccn1)c1cccc(-n2cnnn2)c1.